The zero-order valence-corrected chi connectivity index (χ0v) is 17.3. The molecular weight excluding hydrogens is 418 g/mol. The largest absolute Gasteiger partial charge is 0.378 e. The molecule has 1 aromatic heterocycles. The molecule has 1 aliphatic rings. The van der Waals surface area contributed by atoms with Crippen LogP contribution in [0, 0.1) is 6.92 Å². The standard InChI is InChI=1S/C17H22BrN5O2S/c1-3-23-16(22-6-8-25-9-7-22)20-21-17(23)26-11-15(24)19-14-5-4-13(18)10-12(14)2/h4-5,10H,3,6-9,11H2,1-2H3,(H,19,24). The van der Waals surface area contributed by atoms with Crippen LogP contribution in [0.15, 0.2) is 27.8 Å². The third-order valence-electron chi connectivity index (χ3n) is 4.10. The summed E-state index contributed by atoms with van der Waals surface area (Å²) in [6, 6.07) is 5.79. The third kappa shape index (κ3) is 4.57. The number of carbonyl (C=O) groups excluding carboxylic acids is 1. The third-order valence-corrected chi connectivity index (χ3v) is 5.56. The first-order chi connectivity index (χ1) is 12.6. The van der Waals surface area contributed by atoms with E-state index in [1.165, 1.54) is 11.8 Å². The highest BCUT2D eigenvalue weighted by atomic mass is 79.9. The van der Waals surface area contributed by atoms with Crippen molar-refractivity contribution in [2.45, 2.75) is 25.5 Å². The summed E-state index contributed by atoms with van der Waals surface area (Å²) < 4.78 is 8.44. The minimum Gasteiger partial charge on any atom is -0.378 e. The Morgan fingerprint density at radius 2 is 2.12 bits per heavy atom. The van der Waals surface area contributed by atoms with E-state index < -0.39 is 0 Å². The van der Waals surface area contributed by atoms with Gasteiger partial charge in [-0.2, -0.15) is 0 Å². The smallest absolute Gasteiger partial charge is 0.234 e. The Morgan fingerprint density at radius 1 is 1.35 bits per heavy atom. The van der Waals surface area contributed by atoms with Crippen molar-refractivity contribution >= 4 is 45.2 Å². The van der Waals surface area contributed by atoms with Gasteiger partial charge in [-0.15, -0.1) is 10.2 Å². The van der Waals surface area contributed by atoms with Crippen molar-refractivity contribution in [1.82, 2.24) is 14.8 Å². The van der Waals surface area contributed by atoms with Crippen molar-refractivity contribution in [1.29, 1.82) is 0 Å². The lowest BCUT2D eigenvalue weighted by molar-refractivity contribution is -0.113. The Labute approximate surface area is 165 Å². The van der Waals surface area contributed by atoms with Gasteiger partial charge in [-0.1, -0.05) is 27.7 Å². The first-order valence-electron chi connectivity index (χ1n) is 8.53. The average molecular weight is 440 g/mol. The zero-order valence-electron chi connectivity index (χ0n) is 14.9. The molecule has 0 aliphatic carbocycles. The number of aryl methyl sites for hydroxylation is 1. The molecule has 0 bridgehead atoms. The number of aromatic nitrogens is 3. The molecule has 1 N–H and O–H groups in total. The van der Waals surface area contributed by atoms with Crippen LogP contribution in [0.2, 0.25) is 0 Å². The molecule has 2 heterocycles. The van der Waals surface area contributed by atoms with Crippen LogP contribution < -0.4 is 10.2 Å². The fourth-order valence-corrected chi connectivity index (χ4v) is 4.02. The molecule has 0 atom stereocenters. The minimum absolute atomic E-state index is 0.0565. The maximum atomic E-state index is 12.3. The minimum atomic E-state index is -0.0565. The predicted molar refractivity (Wildman–Crippen MR) is 107 cm³/mol. The van der Waals surface area contributed by atoms with Crippen LogP contribution >= 0.6 is 27.7 Å². The van der Waals surface area contributed by atoms with Crippen LogP contribution in [0.4, 0.5) is 11.6 Å². The van der Waals surface area contributed by atoms with Gasteiger partial charge in [0.15, 0.2) is 5.16 Å². The van der Waals surface area contributed by atoms with Gasteiger partial charge in [0.2, 0.25) is 11.9 Å². The summed E-state index contributed by atoms with van der Waals surface area (Å²) in [5, 5.41) is 12.3. The number of amides is 1. The molecule has 0 radical (unpaired) electrons. The Balaban J connectivity index is 1.62. The van der Waals surface area contributed by atoms with Crippen molar-refractivity contribution in [2.75, 3.05) is 42.3 Å². The van der Waals surface area contributed by atoms with Gasteiger partial charge in [-0.3, -0.25) is 9.36 Å². The van der Waals surface area contributed by atoms with E-state index in [2.05, 4.69) is 43.3 Å². The molecular formula is C17H22BrN5O2S. The van der Waals surface area contributed by atoms with Gasteiger partial charge in [0.25, 0.3) is 0 Å². The molecule has 0 unspecified atom stereocenters. The number of anilines is 2. The summed E-state index contributed by atoms with van der Waals surface area (Å²) in [5.41, 5.74) is 1.84. The second-order valence-electron chi connectivity index (χ2n) is 5.92. The molecule has 140 valence electrons. The lowest BCUT2D eigenvalue weighted by Crippen LogP contribution is -2.38. The fraction of sp³-hybridized carbons (Fsp3) is 0.471. The van der Waals surface area contributed by atoms with Crippen LogP contribution in [0.1, 0.15) is 12.5 Å². The quantitative estimate of drug-likeness (QED) is 0.697. The van der Waals surface area contributed by atoms with Gasteiger partial charge in [-0.05, 0) is 37.6 Å². The summed E-state index contributed by atoms with van der Waals surface area (Å²) in [7, 11) is 0. The van der Waals surface area contributed by atoms with E-state index in [0.717, 1.165) is 46.5 Å². The molecule has 0 spiro atoms. The van der Waals surface area contributed by atoms with Crippen LogP contribution in [0.5, 0.6) is 0 Å². The molecule has 0 saturated carbocycles. The van der Waals surface area contributed by atoms with Crippen molar-refractivity contribution in [3.8, 4) is 0 Å². The Hall–Kier alpha value is -1.58. The SMILES string of the molecule is CCn1c(SCC(=O)Nc2ccc(Br)cc2C)nnc1N1CCOCC1. The Morgan fingerprint density at radius 3 is 2.81 bits per heavy atom. The first-order valence-corrected chi connectivity index (χ1v) is 10.3. The molecule has 1 amide bonds. The number of rotatable bonds is 6. The van der Waals surface area contributed by atoms with Crippen LogP contribution in [-0.4, -0.2) is 52.7 Å². The number of hydrogen-bond donors (Lipinski definition) is 1. The number of halogens is 1. The molecule has 1 saturated heterocycles. The molecule has 3 rings (SSSR count). The molecule has 26 heavy (non-hydrogen) atoms. The summed E-state index contributed by atoms with van der Waals surface area (Å²) in [6.07, 6.45) is 0. The number of thioether (sulfide) groups is 1. The number of carbonyl (C=O) groups is 1. The molecule has 1 aliphatic heterocycles. The summed E-state index contributed by atoms with van der Waals surface area (Å²) >= 11 is 4.83. The van der Waals surface area contributed by atoms with E-state index in [9.17, 15) is 4.79 Å². The zero-order chi connectivity index (χ0) is 18.5. The summed E-state index contributed by atoms with van der Waals surface area (Å²) in [5.74, 6) is 1.08. The Bertz CT molecular complexity index is 777. The Kier molecular flexibility index (Phi) is 6.55. The van der Waals surface area contributed by atoms with Crippen LogP contribution in [-0.2, 0) is 16.1 Å². The van der Waals surface area contributed by atoms with Gasteiger partial charge < -0.3 is 15.0 Å². The maximum absolute atomic E-state index is 12.3. The van der Waals surface area contributed by atoms with Crippen molar-refractivity contribution in [2.24, 2.45) is 0 Å². The van der Waals surface area contributed by atoms with E-state index in [1.807, 2.05) is 29.7 Å². The molecule has 1 fully saturated rings. The number of nitrogens with one attached hydrogen (secondary N) is 1. The number of nitrogens with zero attached hydrogens (tertiary/aromatic N) is 4. The van der Waals surface area contributed by atoms with Gasteiger partial charge >= 0.3 is 0 Å². The molecule has 2 aromatic rings. The lowest BCUT2D eigenvalue weighted by Gasteiger charge is -2.27. The highest BCUT2D eigenvalue weighted by Crippen LogP contribution is 2.24. The van der Waals surface area contributed by atoms with E-state index in [4.69, 9.17) is 4.74 Å². The first kappa shape index (κ1) is 19.2. The second kappa shape index (κ2) is 8.88. The number of benzene rings is 1. The topological polar surface area (TPSA) is 72.3 Å². The van der Waals surface area contributed by atoms with Crippen molar-refractivity contribution < 1.29 is 9.53 Å². The van der Waals surface area contributed by atoms with E-state index in [1.54, 1.807) is 0 Å². The van der Waals surface area contributed by atoms with E-state index in [0.29, 0.717) is 13.2 Å². The van der Waals surface area contributed by atoms with Gasteiger partial charge in [0.1, 0.15) is 0 Å². The van der Waals surface area contributed by atoms with Crippen molar-refractivity contribution in [3.63, 3.8) is 0 Å². The van der Waals surface area contributed by atoms with Crippen LogP contribution in [0.25, 0.3) is 0 Å². The van der Waals surface area contributed by atoms with E-state index in [-0.39, 0.29) is 11.7 Å². The molecule has 9 heteroatoms. The van der Waals surface area contributed by atoms with Crippen molar-refractivity contribution in [3.05, 3.63) is 28.2 Å². The monoisotopic (exact) mass is 439 g/mol. The maximum Gasteiger partial charge on any atom is 0.234 e. The number of morpholine rings is 1. The predicted octanol–water partition coefficient (Wildman–Crippen LogP) is 2.94. The summed E-state index contributed by atoms with van der Waals surface area (Å²) in [6.45, 7) is 7.81. The highest BCUT2D eigenvalue weighted by molar-refractivity contribution is 9.10. The molecule has 7 nitrogen and oxygen atoms in total. The van der Waals surface area contributed by atoms with Gasteiger partial charge in [0.05, 0.1) is 19.0 Å². The molecule has 1 aromatic carbocycles. The summed E-state index contributed by atoms with van der Waals surface area (Å²) in [4.78, 5) is 14.5. The van der Waals surface area contributed by atoms with Gasteiger partial charge in [0, 0.05) is 29.8 Å². The van der Waals surface area contributed by atoms with E-state index >= 15 is 0 Å². The van der Waals surface area contributed by atoms with Gasteiger partial charge in [-0.25, -0.2) is 0 Å². The fourth-order valence-electron chi connectivity index (χ4n) is 2.75. The average Bonchev–Trinajstić information content (AvgIpc) is 3.06. The number of hydrogen-bond acceptors (Lipinski definition) is 6. The lowest BCUT2D eigenvalue weighted by atomic mass is 10.2. The normalized spacial score (nSPS) is 14.5. The number of ether oxygens (including phenoxy) is 1. The van der Waals surface area contributed by atoms with Crippen LogP contribution in [0.3, 0.4) is 0 Å². The second-order valence-corrected chi connectivity index (χ2v) is 7.78. The highest BCUT2D eigenvalue weighted by Gasteiger charge is 2.20.